The molecule has 2 rings (SSSR count). The Hall–Kier alpha value is -2.96. The molecular formula is C30H34O2. The van der Waals surface area contributed by atoms with E-state index < -0.39 is 12.2 Å². The average Bonchev–Trinajstić information content (AvgIpc) is 2.71. The third kappa shape index (κ3) is 6.28. The Bertz CT molecular complexity index is 1010. The third-order valence-corrected chi connectivity index (χ3v) is 5.51. The fourth-order valence-corrected chi connectivity index (χ4v) is 3.42. The van der Waals surface area contributed by atoms with E-state index in [0.29, 0.717) is 0 Å². The van der Waals surface area contributed by atoms with Crippen LogP contribution in [-0.4, -0.2) is 10.2 Å². The zero-order valence-electron chi connectivity index (χ0n) is 20.1. The minimum Gasteiger partial charge on any atom is -0.387 e. The van der Waals surface area contributed by atoms with E-state index in [1.165, 1.54) is 0 Å². The predicted octanol–water partition coefficient (Wildman–Crippen LogP) is 5.79. The molecule has 2 heteroatoms. The molecule has 0 fully saturated rings. The Morgan fingerprint density at radius 3 is 1.31 bits per heavy atom. The first-order valence-electron chi connectivity index (χ1n) is 10.9. The van der Waals surface area contributed by atoms with Crippen molar-refractivity contribution >= 4 is 0 Å². The van der Waals surface area contributed by atoms with Crippen LogP contribution in [0.25, 0.3) is 0 Å². The normalized spacial score (nSPS) is 13.3. The van der Waals surface area contributed by atoms with Crippen LogP contribution < -0.4 is 0 Å². The predicted molar refractivity (Wildman–Crippen MR) is 133 cm³/mol. The third-order valence-electron chi connectivity index (χ3n) is 5.51. The highest BCUT2D eigenvalue weighted by molar-refractivity contribution is 5.53. The average molecular weight is 427 g/mol. The Balaban J connectivity index is 2.62. The summed E-state index contributed by atoms with van der Waals surface area (Å²) >= 11 is 0. The number of aliphatic hydroxyl groups excluding tert-OH is 2. The van der Waals surface area contributed by atoms with E-state index in [4.69, 9.17) is 12.8 Å². The standard InChI is InChI=1S/C30H34O2/c1-9-11-27(31)25-19-23(29(3,4)5)17-15-21(25)13-14-22-16-18-24(30(6,7)8)20-26(22)28(32)12-10-2/h1-2,15-20,27-28,31-32H,11-12H2,3-8H3. The molecule has 0 saturated heterocycles. The van der Waals surface area contributed by atoms with Crippen LogP contribution in [-0.2, 0) is 10.8 Å². The van der Waals surface area contributed by atoms with Crippen molar-refractivity contribution in [2.24, 2.45) is 0 Å². The molecule has 0 radical (unpaired) electrons. The molecule has 0 aliphatic rings. The number of aliphatic hydroxyl groups is 2. The molecule has 2 N–H and O–H groups in total. The SMILES string of the molecule is C#CCC(O)c1cc(C(C)(C)C)ccc1C#Cc1ccc(C(C)(C)C)cc1C(O)CC#C. The van der Waals surface area contributed by atoms with Crippen molar-refractivity contribution in [3.8, 4) is 36.5 Å². The number of hydrogen-bond donors (Lipinski definition) is 2. The second-order valence-electron chi connectivity index (χ2n) is 10.2. The molecule has 0 aromatic heterocycles. The Morgan fingerprint density at radius 1 is 0.688 bits per heavy atom. The van der Waals surface area contributed by atoms with Crippen molar-refractivity contribution < 1.29 is 10.2 Å². The van der Waals surface area contributed by atoms with Gasteiger partial charge in [-0.25, -0.2) is 0 Å². The number of hydrogen-bond acceptors (Lipinski definition) is 2. The summed E-state index contributed by atoms with van der Waals surface area (Å²) < 4.78 is 0. The quantitative estimate of drug-likeness (QED) is 0.607. The van der Waals surface area contributed by atoms with Gasteiger partial charge in [0, 0.05) is 24.0 Å². The van der Waals surface area contributed by atoms with Crippen LogP contribution in [0.3, 0.4) is 0 Å². The topological polar surface area (TPSA) is 40.5 Å². The first-order chi connectivity index (χ1) is 14.9. The molecule has 32 heavy (non-hydrogen) atoms. The molecule has 2 aromatic carbocycles. The van der Waals surface area contributed by atoms with Gasteiger partial charge in [0.05, 0.1) is 12.2 Å². The lowest BCUT2D eigenvalue weighted by atomic mass is 9.83. The monoisotopic (exact) mass is 426 g/mol. The Morgan fingerprint density at radius 2 is 1.03 bits per heavy atom. The second kappa shape index (κ2) is 10.1. The fourth-order valence-electron chi connectivity index (χ4n) is 3.42. The number of benzene rings is 2. The minimum absolute atomic E-state index is 0.0636. The van der Waals surface area contributed by atoms with Crippen LogP contribution in [0.15, 0.2) is 36.4 Å². The molecule has 0 spiro atoms. The summed E-state index contributed by atoms with van der Waals surface area (Å²) in [4.78, 5) is 0. The molecule has 0 aliphatic carbocycles. The molecule has 0 heterocycles. The molecule has 166 valence electrons. The van der Waals surface area contributed by atoms with Crippen molar-refractivity contribution in [3.63, 3.8) is 0 Å². The van der Waals surface area contributed by atoms with Gasteiger partial charge in [0.15, 0.2) is 0 Å². The van der Waals surface area contributed by atoms with Crippen molar-refractivity contribution in [3.05, 3.63) is 69.8 Å². The first-order valence-corrected chi connectivity index (χ1v) is 10.9. The van der Waals surface area contributed by atoms with Crippen molar-refractivity contribution in [2.45, 2.75) is 77.4 Å². The van der Waals surface area contributed by atoms with E-state index in [-0.39, 0.29) is 23.7 Å². The van der Waals surface area contributed by atoms with Gasteiger partial charge in [0.2, 0.25) is 0 Å². The minimum atomic E-state index is -0.790. The lowest BCUT2D eigenvalue weighted by Crippen LogP contribution is -2.13. The van der Waals surface area contributed by atoms with Crippen LogP contribution in [0.2, 0.25) is 0 Å². The molecule has 2 atom stereocenters. The molecular weight excluding hydrogens is 392 g/mol. The van der Waals surface area contributed by atoms with Gasteiger partial charge < -0.3 is 10.2 Å². The van der Waals surface area contributed by atoms with Gasteiger partial charge >= 0.3 is 0 Å². The summed E-state index contributed by atoms with van der Waals surface area (Å²) in [6.45, 7) is 12.8. The van der Waals surface area contributed by atoms with E-state index >= 15 is 0 Å². The molecule has 2 nitrogen and oxygen atoms in total. The van der Waals surface area contributed by atoms with Gasteiger partial charge in [0.1, 0.15) is 0 Å². The van der Waals surface area contributed by atoms with E-state index in [1.54, 1.807) is 0 Å². The van der Waals surface area contributed by atoms with Crippen LogP contribution >= 0.6 is 0 Å². The highest BCUT2D eigenvalue weighted by Gasteiger charge is 2.20. The highest BCUT2D eigenvalue weighted by Crippen LogP contribution is 2.30. The van der Waals surface area contributed by atoms with Gasteiger partial charge in [-0.05, 0) is 45.2 Å². The van der Waals surface area contributed by atoms with Crippen molar-refractivity contribution in [1.29, 1.82) is 0 Å². The van der Waals surface area contributed by atoms with Gasteiger partial charge in [-0.15, -0.1) is 24.7 Å². The molecule has 0 amide bonds. The van der Waals surface area contributed by atoms with E-state index in [9.17, 15) is 10.2 Å². The maximum absolute atomic E-state index is 10.7. The maximum atomic E-state index is 10.7. The molecule has 0 saturated carbocycles. The lowest BCUT2D eigenvalue weighted by molar-refractivity contribution is 0.183. The second-order valence-corrected chi connectivity index (χ2v) is 10.2. The lowest BCUT2D eigenvalue weighted by Gasteiger charge is -2.22. The van der Waals surface area contributed by atoms with Crippen LogP contribution in [0.4, 0.5) is 0 Å². The van der Waals surface area contributed by atoms with E-state index in [0.717, 1.165) is 33.4 Å². The van der Waals surface area contributed by atoms with Crippen LogP contribution in [0, 0.1) is 36.5 Å². The zero-order chi connectivity index (χ0) is 24.1. The van der Waals surface area contributed by atoms with Gasteiger partial charge in [-0.1, -0.05) is 77.6 Å². The van der Waals surface area contributed by atoms with Crippen LogP contribution in [0.5, 0.6) is 0 Å². The van der Waals surface area contributed by atoms with Gasteiger partial charge in [-0.2, -0.15) is 0 Å². The van der Waals surface area contributed by atoms with E-state index in [2.05, 4.69) is 65.2 Å². The molecule has 0 bridgehead atoms. The summed E-state index contributed by atoms with van der Waals surface area (Å²) in [5, 5.41) is 21.3. The smallest absolute Gasteiger partial charge is 0.0911 e. The van der Waals surface area contributed by atoms with Crippen LogP contribution in [0.1, 0.15) is 100.0 Å². The molecule has 2 aromatic rings. The fraction of sp³-hybridized carbons (Fsp3) is 0.400. The highest BCUT2D eigenvalue weighted by atomic mass is 16.3. The van der Waals surface area contributed by atoms with Gasteiger partial charge in [0.25, 0.3) is 0 Å². The summed E-state index contributed by atoms with van der Waals surface area (Å²) in [5.41, 5.74) is 4.97. The largest absolute Gasteiger partial charge is 0.387 e. The molecule has 2 unspecified atom stereocenters. The van der Waals surface area contributed by atoms with Gasteiger partial charge in [-0.3, -0.25) is 0 Å². The van der Waals surface area contributed by atoms with Crippen molar-refractivity contribution in [2.75, 3.05) is 0 Å². The number of rotatable bonds is 4. The van der Waals surface area contributed by atoms with Crippen molar-refractivity contribution in [1.82, 2.24) is 0 Å². The Labute approximate surface area is 194 Å². The summed E-state index contributed by atoms with van der Waals surface area (Å²) in [6.07, 6.45) is 9.75. The number of terminal acetylenes is 2. The maximum Gasteiger partial charge on any atom is 0.0911 e. The molecule has 0 aliphatic heterocycles. The zero-order valence-corrected chi connectivity index (χ0v) is 20.1. The summed E-state index contributed by atoms with van der Waals surface area (Å²) in [6, 6.07) is 11.9. The Kier molecular flexibility index (Phi) is 7.99. The first kappa shape index (κ1) is 25.3. The summed E-state index contributed by atoms with van der Waals surface area (Å²) in [7, 11) is 0. The van der Waals surface area contributed by atoms with E-state index in [1.807, 2.05) is 36.4 Å². The summed E-state index contributed by atoms with van der Waals surface area (Å²) in [5.74, 6) is 11.5.